The lowest BCUT2D eigenvalue weighted by molar-refractivity contribution is 0.0696. The van der Waals surface area contributed by atoms with Gasteiger partial charge in [-0.1, -0.05) is 31.4 Å². The van der Waals surface area contributed by atoms with Crippen molar-refractivity contribution in [2.24, 2.45) is 0 Å². The number of unbranched alkanes of at least 4 members (excludes halogenated alkanes) is 2. The van der Waals surface area contributed by atoms with Crippen LogP contribution in [0.1, 0.15) is 36.5 Å². The van der Waals surface area contributed by atoms with Crippen LogP contribution in [-0.4, -0.2) is 37.4 Å². The maximum absolute atomic E-state index is 12.4. The van der Waals surface area contributed by atoms with Crippen LogP contribution in [-0.2, 0) is 10.0 Å². The highest BCUT2D eigenvalue weighted by atomic mass is 79.9. The number of rotatable bonds is 7. The van der Waals surface area contributed by atoms with E-state index in [9.17, 15) is 13.2 Å². The van der Waals surface area contributed by atoms with Gasteiger partial charge in [0.2, 0.25) is 10.0 Å². The molecule has 1 aromatic rings. The number of aromatic carboxylic acids is 1. The Kier molecular flexibility index (Phi) is 6.65. The number of benzene rings is 1. The van der Waals surface area contributed by atoms with E-state index in [2.05, 4.69) is 15.9 Å². The number of nitrogens with zero attached hydrogens (tertiary/aromatic N) is 1. The maximum Gasteiger partial charge on any atom is 0.337 e. The molecule has 1 N–H and O–H groups in total. The van der Waals surface area contributed by atoms with Gasteiger partial charge in [-0.25, -0.2) is 17.5 Å². The summed E-state index contributed by atoms with van der Waals surface area (Å²) >= 11 is 8.95. The second-order valence-electron chi connectivity index (χ2n) is 4.61. The number of hydrogen-bond donors (Lipinski definition) is 1. The molecule has 1 aromatic carbocycles. The topological polar surface area (TPSA) is 74.7 Å². The average molecular weight is 399 g/mol. The van der Waals surface area contributed by atoms with Gasteiger partial charge in [0.05, 0.1) is 15.5 Å². The summed E-state index contributed by atoms with van der Waals surface area (Å²) in [6.45, 7) is 2.42. The lowest BCUT2D eigenvalue weighted by Gasteiger charge is -2.18. The minimum absolute atomic E-state index is 0.0184. The number of carbonyl (C=O) groups is 1. The summed E-state index contributed by atoms with van der Waals surface area (Å²) in [5, 5.41) is 9.06. The fourth-order valence-electron chi connectivity index (χ4n) is 1.75. The summed E-state index contributed by atoms with van der Waals surface area (Å²) in [5.74, 6) is -1.27. The van der Waals surface area contributed by atoms with Crippen LogP contribution in [0.4, 0.5) is 0 Å². The molecule has 0 unspecified atom stereocenters. The van der Waals surface area contributed by atoms with Crippen LogP contribution >= 0.6 is 27.5 Å². The number of carboxylic acids is 1. The predicted molar refractivity (Wildman–Crippen MR) is 85.5 cm³/mol. The largest absolute Gasteiger partial charge is 0.478 e. The maximum atomic E-state index is 12.4. The number of carboxylic acid groups (broad SMARTS) is 1. The van der Waals surface area contributed by atoms with Gasteiger partial charge in [-0.05, 0) is 34.5 Å². The normalized spacial score (nSPS) is 11.9. The Morgan fingerprint density at radius 2 is 2.00 bits per heavy atom. The smallest absolute Gasteiger partial charge is 0.337 e. The van der Waals surface area contributed by atoms with Crippen LogP contribution in [0.25, 0.3) is 0 Å². The molecule has 0 aliphatic rings. The highest BCUT2D eigenvalue weighted by Crippen LogP contribution is 2.31. The first-order chi connectivity index (χ1) is 9.71. The Bertz CT molecular complexity index is 633. The molecule has 0 aliphatic carbocycles. The highest BCUT2D eigenvalue weighted by molar-refractivity contribution is 9.10. The molecule has 5 nitrogen and oxygen atoms in total. The van der Waals surface area contributed by atoms with E-state index in [0.29, 0.717) is 6.54 Å². The van der Waals surface area contributed by atoms with Gasteiger partial charge in [0.1, 0.15) is 0 Å². The van der Waals surface area contributed by atoms with Gasteiger partial charge < -0.3 is 5.11 Å². The Labute approximate surface area is 138 Å². The van der Waals surface area contributed by atoms with Gasteiger partial charge >= 0.3 is 5.97 Å². The van der Waals surface area contributed by atoms with Crippen LogP contribution in [0.5, 0.6) is 0 Å². The number of sulfonamides is 1. The molecule has 1 rings (SSSR count). The summed E-state index contributed by atoms with van der Waals surface area (Å²) in [6, 6.07) is 2.40. The second-order valence-corrected chi connectivity index (χ2v) is 7.88. The third-order valence-electron chi connectivity index (χ3n) is 3.02. The Balaban J connectivity index is 3.17. The third kappa shape index (κ3) is 4.42. The van der Waals surface area contributed by atoms with Crippen molar-refractivity contribution >= 4 is 43.5 Å². The molecule has 0 aromatic heterocycles. The van der Waals surface area contributed by atoms with E-state index < -0.39 is 16.0 Å². The molecule has 0 amide bonds. The van der Waals surface area contributed by atoms with Gasteiger partial charge in [-0.3, -0.25) is 0 Å². The van der Waals surface area contributed by atoms with Crippen LogP contribution in [0, 0.1) is 0 Å². The minimum atomic E-state index is -3.73. The summed E-state index contributed by atoms with van der Waals surface area (Å²) in [4.78, 5) is 11.0. The van der Waals surface area contributed by atoms with E-state index in [0.717, 1.165) is 25.3 Å². The molecular formula is C13H17BrClNO4S. The van der Waals surface area contributed by atoms with Crippen molar-refractivity contribution in [1.29, 1.82) is 0 Å². The third-order valence-corrected chi connectivity index (χ3v) is 6.11. The molecular weight excluding hydrogens is 382 g/mol. The Morgan fingerprint density at radius 1 is 1.38 bits per heavy atom. The lowest BCUT2D eigenvalue weighted by Crippen LogP contribution is -2.28. The van der Waals surface area contributed by atoms with Crippen LogP contribution < -0.4 is 0 Å². The first-order valence-corrected chi connectivity index (χ1v) is 9.01. The monoisotopic (exact) mass is 397 g/mol. The molecule has 0 atom stereocenters. The van der Waals surface area contributed by atoms with Gasteiger partial charge in [-0.15, -0.1) is 0 Å². The SMILES string of the molecule is CCCCCN(C)S(=O)(=O)c1cc(Br)c(Cl)c(C(=O)O)c1. The summed E-state index contributed by atoms with van der Waals surface area (Å²) in [5.41, 5.74) is -0.244. The molecule has 0 spiro atoms. The summed E-state index contributed by atoms with van der Waals surface area (Å²) in [6.07, 6.45) is 2.68. The van der Waals surface area contributed by atoms with Crippen molar-refractivity contribution < 1.29 is 18.3 Å². The number of hydrogen-bond acceptors (Lipinski definition) is 3. The Morgan fingerprint density at radius 3 is 2.52 bits per heavy atom. The molecule has 0 aliphatic heterocycles. The zero-order valence-corrected chi connectivity index (χ0v) is 14.9. The van der Waals surface area contributed by atoms with Gasteiger partial charge in [-0.2, -0.15) is 0 Å². The summed E-state index contributed by atoms with van der Waals surface area (Å²) < 4.78 is 26.3. The van der Waals surface area contributed by atoms with E-state index in [1.807, 2.05) is 6.92 Å². The standard InChI is InChI=1S/C13H17BrClNO4S/c1-3-4-5-6-16(2)21(19,20)9-7-10(13(17)18)12(15)11(14)8-9/h7-8H,3-6H2,1-2H3,(H,17,18). The average Bonchev–Trinajstić information content (AvgIpc) is 2.41. The zero-order chi connectivity index (χ0) is 16.2. The first-order valence-electron chi connectivity index (χ1n) is 6.40. The van der Waals surface area contributed by atoms with E-state index in [-0.39, 0.29) is 20.0 Å². The van der Waals surface area contributed by atoms with Crippen molar-refractivity contribution in [2.75, 3.05) is 13.6 Å². The van der Waals surface area contributed by atoms with E-state index >= 15 is 0 Å². The van der Waals surface area contributed by atoms with Gasteiger partial charge in [0.25, 0.3) is 0 Å². The fraction of sp³-hybridized carbons (Fsp3) is 0.462. The van der Waals surface area contributed by atoms with Gasteiger partial charge in [0.15, 0.2) is 0 Å². The van der Waals surface area contributed by atoms with E-state index in [1.54, 1.807) is 0 Å². The summed E-state index contributed by atoms with van der Waals surface area (Å²) in [7, 11) is -2.25. The molecule has 118 valence electrons. The van der Waals surface area contributed by atoms with Crippen molar-refractivity contribution in [2.45, 2.75) is 31.1 Å². The fourth-order valence-corrected chi connectivity index (χ4v) is 3.82. The minimum Gasteiger partial charge on any atom is -0.478 e. The van der Waals surface area contributed by atoms with Crippen LogP contribution in [0.3, 0.4) is 0 Å². The molecule has 0 heterocycles. The van der Waals surface area contributed by atoms with Crippen molar-refractivity contribution in [3.63, 3.8) is 0 Å². The van der Waals surface area contributed by atoms with E-state index in [4.69, 9.17) is 16.7 Å². The van der Waals surface area contributed by atoms with Crippen LogP contribution in [0.15, 0.2) is 21.5 Å². The van der Waals surface area contributed by atoms with Crippen LogP contribution in [0.2, 0.25) is 5.02 Å². The highest BCUT2D eigenvalue weighted by Gasteiger charge is 2.24. The predicted octanol–water partition coefficient (Wildman–Crippen LogP) is 3.61. The molecule has 0 bridgehead atoms. The van der Waals surface area contributed by atoms with Gasteiger partial charge in [0, 0.05) is 18.1 Å². The molecule has 21 heavy (non-hydrogen) atoms. The quantitative estimate of drug-likeness (QED) is 0.712. The molecule has 8 heteroatoms. The van der Waals surface area contributed by atoms with Crippen molar-refractivity contribution in [3.8, 4) is 0 Å². The zero-order valence-electron chi connectivity index (χ0n) is 11.8. The lowest BCUT2D eigenvalue weighted by atomic mass is 10.2. The van der Waals surface area contributed by atoms with E-state index in [1.165, 1.54) is 17.4 Å². The first kappa shape index (κ1) is 18.4. The Hall–Kier alpha value is -0.630. The van der Waals surface area contributed by atoms with Crippen molar-refractivity contribution in [1.82, 2.24) is 4.31 Å². The van der Waals surface area contributed by atoms with Crippen molar-refractivity contribution in [3.05, 3.63) is 27.2 Å². The molecule has 0 saturated carbocycles. The number of halogens is 2. The molecule has 0 saturated heterocycles. The second kappa shape index (κ2) is 7.58. The molecule has 0 radical (unpaired) electrons. The molecule has 0 fully saturated rings.